The zero-order valence-corrected chi connectivity index (χ0v) is 16.0. The van der Waals surface area contributed by atoms with E-state index in [-0.39, 0.29) is 35.6 Å². The molecular weight excluding hydrogens is 380 g/mol. The molecule has 28 heavy (non-hydrogen) atoms. The maximum absolute atomic E-state index is 12.7. The third-order valence-electron chi connectivity index (χ3n) is 5.54. The monoisotopic (exact) mass is 400 g/mol. The second-order valence-corrected chi connectivity index (χ2v) is 8.29. The predicted molar refractivity (Wildman–Crippen MR) is 101 cm³/mol. The molecule has 146 valence electrons. The number of amides is 2. The Morgan fingerprint density at radius 1 is 1.11 bits per heavy atom. The number of anilines is 1. The molecule has 5 rings (SSSR count). The number of carbonyl (C=O) groups excluding carboxylic acids is 2. The third-order valence-corrected chi connectivity index (χ3v) is 6.56. The quantitative estimate of drug-likeness (QED) is 0.848. The fraction of sp³-hybridized carbons (Fsp3) is 0.474. The van der Waals surface area contributed by atoms with Gasteiger partial charge in [-0.2, -0.15) is 0 Å². The minimum absolute atomic E-state index is 0.0577. The SMILES string of the molecule is O=C(Nc1ccc2c(c1)OCO2)c1nnc([C@H]2CCCN2C(=O)C2CCC2)s1. The van der Waals surface area contributed by atoms with Gasteiger partial charge >= 0.3 is 0 Å². The van der Waals surface area contributed by atoms with Crippen molar-refractivity contribution in [2.75, 3.05) is 18.7 Å². The van der Waals surface area contributed by atoms with Crippen LogP contribution in [-0.2, 0) is 4.79 Å². The van der Waals surface area contributed by atoms with Crippen molar-refractivity contribution in [3.05, 3.63) is 28.2 Å². The average Bonchev–Trinajstić information content (AvgIpc) is 3.38. The van der Waals surface area contributed by atoms with Gasteiger partial charge in [0.1, 0.15) is 5.01 Å². The molecule has 3 heterocycles. The minimum Gasteiger partial charge on any atom is -0.454 e. The van der Waals surface area contributed by atoms with Crippen LogP contribution in [0.15, 0.2) is 18.2 Å². The van der Waals surface area contributed by atoms with Crippen molar-refractivity contribution in [2.45, 2.75) is 38.1 Å². The van der Waals surface area contributed by atoms with Crippen LogP contribution < -0.4 is 14.8 Å². The summed E-state index contributed by atoms with van der Waals surface area (Å²) in [7, 11) is 0. The Labute approximate surface area is 165 Å². The summed E-state index contributed by atoms with van der Waals surface area (Å²) in [6.45, 7) is 0.947. The first-order valence-electron chi connectivity index (χ1n) is 9.54. The molecule has 0 unspecified atom stereocenters. The van der Waals surface area contributed by atoms with E-state index >= 15 is 0 Å². The number of aromatic nitrogens is 2. The van der Waals surface area contributed by atoms with Crippen molar-refractivity contribution in [3.63, 3.8) is 0 Å². The fourth-order valence-corrected chi connectivity index (χ4v) is 4.68. The molecule has 2 amide bonds. The van der Waals surface area contributed by atoms with Gasteiger partial charge in [-0.05, 0) is 37.8 Å². The van der Waals surface area contributed by atoms with Gasteiger partial charge in [0, 0.05) is 24.2 Å². The normalized spacial score (nSPS) is 20.9. The summed E-state index contributed by atoms with van der Waals surface area (Å²) in [6, 6.07) is 5.17. The van der Waals surface area contributed by atoms with Crippen molar-refractivity contribution >= 4 is 28.8 Å². The van der Waals surface area contributed by atoms with Crippen LogP contribution in [0.25, 0.3) is 0 Å². The zero-order valence-electron chi connectivity index (χ0n) is 15.2. The smallest absolute Gasteiger partial charge is 0.286 e. The van der Waals surface area contributed by atoms with Crippen molar-refractivity contribution in [1.82, 2.24) is 15.1 Å². The van der Waals surface area contributed by atoms with Crippen LogP contribution in [0.4, 0.5) is 5.69 Å². The van der Waals surface area contributed by atoms with Gasteiger partial charge in [0.2, 0.25) is 17.7 Å². The Hall–Kier alpha value is -2.68. The molecule has 2 aliphatic heterocycles. The number of rotatable bonds is 4. The molecule has 2 aromatic rings. The lowest BCUT2D eigenvalue weighted by molar-refractivity contribution is -0.139. The molecule has 0 spiro atoms. The lowest BCUT2D eigenvalue weighted by Gasteiger charge is -2.31. The molecule has 1 saturated carbocycles. The summed E-state index contributed by atoms with van der Waals surface area (Å²) in [5, 5.41) is 12.1. The standard InChI is InChI=1S/C19H20N4O4S/c24-16(20-12-6-7-14-15(9-12)27-10-26-14)18-22-21-17(28-18)13-5-2-8-23(13)19(25)11-3-1-4-11/h6-7,9,11,13H,1-5,8,10H2,(H,20,24)/t13-/m1/s1. The first-order chi connectivity index (χ1) is 13.7. The van der Waals surface area contributed by atoms with Crippen molar-refractivity contribution in [3.8, 4) is 11.5 Å². The summed E-state index contributed by atoms with van der Waals surface area (Å²) < 4.78 is 10.6. The highest BCUT2D eigenvalue weighted by atomic mass is 32.1. The van der Waals surface area contributed by atoms with Crippen LogP contribution in [0.2, 0.25) is 0 Å². The van der Waals surface area contributed by atoms with Gasteiger partial charge in [0.25, 0.3) is 5.91 Å². The summed E-state index contributed by atoms with van der Waals surface area (Å²) in [5.41, 5.74) is 0.605. The minimum atomic E-state index is -0.322. The molecule has 2 fully saturated rings. The molecule has 0 bridgehead atoms. The number of nitrogens with zero attached hydrogens (tertiary/aromatic N) is 3. The topological polar surface area (TPSA) is 93.7 Å². The highest BCUT2D eigenvalue weighted by Gasteiger charge is 2.38. The van der Waals surface area contributed by atoms with Gasteiger partial charge in [-0.15, -0.1) is 10.2 Å². The summed E-state index contributed by atoms with van der Waals surface area (Å²) in [6.07, 6.45) is 4.94. The molecule has 1 aromatic carbocycles. The highest BCUT2D eigenvalue weighted by Crippen LogP contribution is 2.38. The number of nitrogens with one attached hydrogen (secondary N) is 1. The van der Waals surface area contributed by atoms with E-state index in [0.29, 0.717) is 17.2 Å². The predicted octanol–water partition coefficient (Wildman–Crippen LogP) is 2.98. The summed E-state index contributed by atoms with van der Waals surface area (Å²) in [4.78, 5) is 27.2. The number of ether oxygens (including phenoxy) is 2. The van der Waals surface area contributed by atoms with Crippen molar-refractivity contribution in [2.24, 2.45) is 5.92 Å². The van der Waals surface area contributed by atoms with E-state index in [1.165, 1.54) is 11.3 Å². The Morgan fingerprint density at radius 3 is 2.79 bits per heavy atom. The second kappa shape index (κ2) is 7.05. The van der Waals surface area contributed by atoms with Crippen LogP contribution >= 0.6 is 11.3 Å². The molecule has 9 heteroatoms. The molecular formula is C19H20N4O4S. The van der Waals surface area contributed by atoms with Crippen LogP contribution in [0.1, 0.15) is 53.0 Å². The molecule has 1 N–H and O–H groups in total. The van der Waals surface area contributed by atoms with Gasteiger partial charge in [-0.1, -0.05) is 17.8 Å². The Balaban J connectivity index is 1.28. The van der Waals surface area contributed by atoms with Gasteiger partial charge < -0.3 is 19.7 Å². The first-order valence-corrected chi connectivity index (χ1v) is 10.4. The molecule has 1 aromatic heterocycles. The van der Waals surface area contributed by atoms with Crippen LogP contribution in [0, 0.1) is 5.92 Å². The van der Waals surface area contributed by atoms with Crippen molar-refractivity contribution < 1.29 is 19.1 Å². The Bertz CT molecular complexity index is 926. The maximum atomic E-state index is 12.7. The summed E-state index contributed by atoms with van der Waals surface area (Å²) >= 11 is 1.26. The second-order valence-electron chi connectivity index (χ2n) is 7.29. The first kappa shape index (κ1) is 17.4. The maximum Gasteiger partial charge on any atom is 0.286 e. The van der Waals surface area contributed by atoms with Crippen LogP contribution in [-0.4, -0.2) is 40.2 Å². The number of hydrogen-bond donors (Lipinski definition) is 1. The number of benzene rings is 1. The Kier molecular flexibility index (Phi) is 4.38. The molecule has 3 aliphatic rings. The van der Waals surface area contributed by atoms with Gasteiger partial charge in [0.15, 0.2) is 11.5 Å². The molecule has 8 nitrogen and oxygen atoms in total. The van der Waals surface area contributed by atoms with E-state index in [2.05, 4.69) is 15.5 Å². The number of hydrogen-bond acceptors (Lipinski definition) is 7. The fourth-order valence-electron chi connectivity index (χ4n) is 3.80. The largest absolute Gasteiger partial charge is 0.454 e. The highest BCUT2D eigenvalue weighted by molar-refractivity contribution is 7.13. The van der Waals surface area contributed by atoms with E-state index in [9.17, 15) is 9.59 Å². The number of fused-ring (bicyclic) bond motifs is 1. The lowest BCUT2D eigenvalue weighted by Crippen LogP contribution is -2.38. The average molecular weight is 400 g/mol. The van der Waals surface area contributed by atoms with E-state index in [4.69, 9.17) is 9.47 Å². The van der Waals surface area contributed by atoms with Crippen LogP contribution in [0.3, 0.4) is 0 Å². The molecule has 1 aliphatic carbocycles. The van der Waals surface area contributed by atoms with Gasteiger partial charge in [-0.3, -0.25) is 9.59 Å². The van der Waals surface area contributed by atoms with E-state index in [1.807, 2.05) is 4.90 Å². The van der Waals surface area contributed by atoms with Gasteiger partial charge in [-0.25, -0.2) is 0 Å². The molecule has 1 saturated heterocycles. The third kappa shape index (κ3) is 3.09. The van der Waals surface area contributed by atoms with E-state index in [1.54, 1.807) is 18.2 Å². The molecule has 0 radical (unpaired) electrons. The number of likely N-dealkylation sites (tertiary alicyclic amines) is 1. The number of carbonyl (C=O) groups is 2. The summed E-state index contributed by atoms with van der Waals surface area (Å²) in [5.74, 6) is 1.34. The van der Waals surface area contributed by atoms with E-state index < -0.39 is 0 Å². The lowest BCUT2D eigenvalue weighted by atomic mass is 9.84. The zero-order chi connectivity index (χ0) is 19.1. The van der Waals surface area contributed by atoms with Crippen LogP contribution in [0.5, 0.6) is 11.5 Å². The van der Waals surface area contributed by atoms with E-state index in [0.717, 1.165) is 43.7 Å². The van der Waals surface area contributed by atoms with Crippen molar-refractivity contribution in [1.29, 1.82) is 0 Å². The molecule has 1 atom stereocenters. The van der Waals surface area contributed by atoms with Gasteiger partial charge in [0.05, 0.1) is 6.04 Å². The Morgan fingerprint density at radius 2 is 1.96 bits per heavy atom.